The lowest BCUT2D eigenvalue weighted by atomic mass is 10.1. The summed E-state index contributed by atoms with van der Waals surface area (Å²) in [4.78, 5) is 31.3. The molecular formula is C31H23N9O. The first-order chi connectivity index (χ1) is 20.1. The van der Waals surface area contributed by atoms with E-state index in [1.165, 1.54) is 0 Å². The maximum absolute atomic E-state index is 13.1. The molecule has 7 rings (SSSR count). The molecule has 5 aromatic heterocycles. The molecule has 5 heterocycles. The second-order valence-corrected chi connectivity index (χ2v) is 9.66. The van der Waals surface area contributed by atoms with Crippen molar-refractivity contribution in [3.63, 3.8) is 0 Å². The Balaban J connectivity index is 1.31. The molecule has 1 aliphatic rings. The maximum Gasteiger partial charge on any atom is 0.254 e. The molecule has 1 aromatic carbocycles. The SMILES string of the molecule is C#Cc1ncccc1C(=O)N[C@H]1CCc2cc(-n3c(-c4cccnc4N)nc4ccc(-n5cccn5)nc43)ccc21. The third kappa shape index (κ3) is 4.17. The zero-order chi connectivity index (χ0) is 27.9. The highest BCUT2D eigenvalue weighted by atomic mass is 16.1. The van der Waals surface area contributed by atoms with Gasteiger partial charge in [-0.15, -0.1) is 6.42 Å². The number of carbonyl (C=O) groups is 1. The van der Waals surface area contributed by atoms with Crippen molar-refractivity contribution in [2.75, 3.05) is 5.73 Å². The third-order valence-corrected chi connectivity index (χ3v) is 7.27. The molecule has 0 aliphatic heterocycles. The van der Waals surface area contributed by atoms with Gasteiger partial charge in [-0.05, 0) is 84.5 Å². The van der Waals surface area contributed by atoms with Crippen LogP contribution in [0.15, 0.2) is 85.5 Å². The molecule has 0 fully saturated rings. The predicted molar refractivity (Wildman–Crippen MR) is 154 cm³/mol. The number of nitrogens with zero attached hydrogens (tertiary/aromatic N) is 7. The zero-order valence-corrected chi connectivity index (χ0v) is 21.8. The van der Waals surface area contributed by atoms with Crippen LogP contribution in [0.3, 0.4) is 0 Å². The van der Waals surface area contributed by atoms with Crippen LogP contribution in [0.2, 0.25) is 0 Å². The van der Waals surface area contributed by atoms with E-state index >= 15 is 0 Å². The number of rotatable bonds is 5. The summed E-state index contributed by atoms with van der Waals surface area (Å²) in [6.07, 6.45) is 13.9. The highest BCUT2D eigenvalue weighted by Crippen LogP contribution is 2.36. The number of pyridine rings is 3. The van der Waals surface area contributed by atoms with Crippen LogP contribution in [0.5, 0.6) is 0 Å². The lowest BCUT2D eigenvalue weighted by Crippen LogP contribution is -2.28. The van der Waals surface area contributed by atoms with Gasteiger partial charge in [0.1, 0.15) is 17.0 Å². The summed E-state index contributed by atoms with van der Waals surface area (Å²) < 4.78 is 3.70. The van der Waals surface area contributed by atoms with Gasteiger partial charge in [0.05, 0.1) is 17.2 Å². The molecule has 0 unspecified atom stereocenters. The van der Waals surface area contributed by atoms with Crippen LogP contribution in [0.25, 0.3) is 34.1 Å². The number of aromatic nitrogens is 7. The van der Waals surface area contributed by atoms with Gasteiger partial charge in [0.15, 0.2) is 17.3 Å². The first-order valence-electron chi connectivity index (χ1n) is 13.1. The number of benzene rings is 1. The lowest BCUT2D eigenvalue weighted by Gasteiger charge is -2.16. The molecule has 3 N–H and O–H groups in total. The molecule has 41 heavy (non-hydrogen) atoms. The number of hydrogen-bond donors (Lipinski definition) is 2. The molecule has 6 aromatic rings. The molecule has 10 nitrogen and oxygen atoms in total. The molecule has 1 atom stereocenters. The van der Waals surface area contributed by atoms with Gasteiger partial charge in [-0.2, -0.15) is 5.10 Å². The van der Waals surface area contributed by atoms with E-state index in [1.807, 2.05) is 53.2 Å². The largest absolute Gasteiger partial charge is 0.383 e. The number of nitrogens with one attached hydrogen (secondary N) is 1. The van der Waals surface area contributed by atoms with Crippen LogP contribution in [0.4, 0.5) is 5.82 Å². The van der Waals surface area contributed by atoms with E-state index in [0.29, 0.717) is 45.4 Å². The first-order valence-corrected chi connectivity index (χ1v) is 13.1. The van der Waals surface area contributed by atoms with Crippen molar-refractivity contribution in [1.82, 2.24) is 39.6 Å². The number of fused-ring (bicyclic) bond motifs is 2. The highest BCUT2D eigenvalue weighted by molar-refractivity contribution is 5.96. The monoisotopic (exact) mass is 537 g/mol. The second kappa shape index (κ2) is 9.73. The summed E-state index contributed by atoms with van der Waals surface area (Å²) >= 11 is 0. The zero-order valence-electron chi connectivity index (χ0n) is 21.8. The summed E-state index contributed by atoms with van der Waals surface area (Å²) in [6, 6.07) is 18.8. The minimum atomic E-state index is -0.238. The van der Waals surface area contributed by atoms with Gasteiger partial charge in [0.2, 0.25) is 0 Å². The molecule has 198 valence electrons. The summed E-state index contributed by atoms with van der Waals surface area (Å²) in [5.41, 5.74) is 12.2. The van der Waals surface area contributed by atoms with Crippen LogP contribution in [-0.4, -0.2) is 40.2 Å². The van der Waals surface area contributed by atoms with Gasteiger partial charge in [0.25, 0.3) is 5.91 Å². The van der Waals surface area contributed by atoms with Gasteiger partial charge < -0.3 is 11.1 Å². The quantitative estimate of drug-likeness (QED) is 0.318. The van der Waals surface area contributed by atoms with E-state index < -0.39 is 0 Å². The molecule has 0 bridgehead atoms. The number of hydrogen-bond acceptors (Lipinski definition) is 7. The normalized spacial score (nSPS) is 14.1. The molecule has 10 heteroatoms. The van der Waals surface area contributed by atoms with Gasteiger partial charge in [0, 0.05) is 30.5 Å². The molecule has 0 saturated carbocycles. The Hall–Kier alpha value is -5.82. The molecule has 1 aliphatic carbocycles. The summed E-state index contributed by atoms with van der Waals surface area (Å²) in [5.74, 6) is 3.93. The average molecular weight is 538 g/mol. The minimum Gasteiger partial charge on any atom is -0.383 e. The van der Waals surface area contributed by atoms with Crippen molar-refractivity contribution in [3.8, 4) is 35.2 Å². The van der Waals surface area contributed by atoms with E-state index in [1.54, 1.807) is 35.4 Å². The van der Waals surface area contributed by atoms with E-state index in [-0.39, 0.29) is 11.9 Å². The fourth-order valence-electron chi connectivity index (χ4n) is 5.34. The van der Waals surface area contributed by atoms with Crippen molar-refractivity contribution in [2.24, 2.45) is 0 Å². The van der Waals surface area contributed by atoms with Gasteiger partial charge in [-0.25, -0.2) is 24.6 Å². The molecule has 0 saturated heterocycles. The fraction of sp³-hybridized carbons (Fsp3) is 0.0968. The third-order valence-electron chi connectivity index (χ3n) is 7.27. The van der Waals surface area contributed by atoms with Gasteiger partial charge in [-0.1, -0.05) is 6.07 Å². The smallest absolute Gasteiger partial charge is 0.254 e. The van der Waals surface area contributed by atoms with E-state index in [2.05, 4.69) is 32.4 Å². The van der Waals surface area contributed by atoms with Gasteiger partial charge >= 0.3 is 0 Å². The maximum atomic E-state index is 13.1. The molecular weight excluding hydrogens is 514 g/mol. The number of terminal acetylenes is 1. The fourth-order valence-corrected chi connectivity index (χ4v) is 5.34. The minimum absolute atomic E-state index is 0.144. The summed E-state index contributed by atoms with van der Waals surface area (Å²) in [7, 11) is 0. The van der Waals surface area contributed by atoms with Crippen LogP contribution in [0, 0.1) is 12.3 Å². The summed E-state index contributed by atoms with van der Waals surface area (Å²) in [5, 5.41) is 7.47. The Morgan fingerprint density at radius 1 is 1.02 bits per heavy atom. The Bertz CT molecular complexity index is 1990. The first kappa shape index (κ1) is 24.2. The predicted octanol–water partition coefficient (Wildman–Crippen LogP) is 4.04. The van der Waals surface area contributed by atoms with Crippen molar-refractivity contribution in [2.45, 2.75) is 18.9 Å². The Morgan fingerprint density at radius 2 is 1.90 bits per heavy atom. The Labute approximate surface area is 234 Å². The number of anilines is 1. The molecule has 0 spiro atoms. The summed E-state index contributed by atoms with van der Waals surface area (Å²) in [6.45, 7) is 0. The standard InChI is InChI=1S/C31H23N9O/c1-2-24-22(6-3-14-33-24)31(41)37-25-11-8-19-18-20(9-10-21(19)25)40-29(23-7-4-15-34-28(23)32)36-26-12-13-27(38-30(26)40)39-17-5-16-35-39/h1,3-7,9-10,12-18,25H,8,11H2,(H2,32,34)(H,37,41)/t25-/m0/s1. The topological polar surface area (TPSA) is 129 Å². The number of imidazole rings is 1. The van der Waals surface area contributed by atoms with E-state index in [9.17, 15) is 4.79 Å². The van der Waals surface area contributed by atoms with Crippen LogP contribution < -0.4 is 11.1 Å². The van der Waals surface area contributed by atoms with Crippen molar-refractivity contribution < 1.29 is 4.79 Å². The van der Waals surface area contributed by atoms with E-state index in [4.69, 9.17) is 22.1 Å². The van der Waals surface area contributed by atoms with Crippen molar-refractivity contribution in [1.29, 1.82) is 0 Å². The number of carbonyl (C=O) groups excluding carboxylic acids is 1. The molecule has 0 radical (unpaired) electrons. The number of nitrogen functional groups attached to an aromatic ring is 1. The second-order valence-electron chi connectivity index (χ2n) is 9.66. The Kier molecular flexibility index (Phi) is 5.75. The Morgan fingerprint density at radius 3 is 2.73 bits per heavy atom. The number of amides is 1. The van der Waals surface area contributed by atoms with Crippen molar-refractivity contribution >= 4 is 22.9 Å². The highest BCUT2D eigenvalue weighted by Gasteiger charge is 2.27. The van der Waals surface area contributed by atoms with E-state index in [0.717, 1.165) is 29.7 Å². The van der Waals surface area contributed by atoms with Crippen molar-refractivity contribution in [3.05, 3.63) is 108 Å². The van der Waals surface area contributed by atoms with Crippen LogP contribution >= 0.6 is 0 Å². The van der Waals surface area contributed by atoms with Crippen LogP contribution in [0.1, 0.15) is 39.6 Å². The average Bonchev–Trinajstić information content (AvgIpc) is 3.76. The molecule has 1 amide bonds. The number of aryl methyl sites for hydroxylation is 1. The van der Waals surface area contributed by atoms with Gasteiger partial charge in [-0.3, -0.25) is 9.36 Å². The lowest BCUT2D eigenvalue weighted by molar-refractivity contribution is 0.0936. The number of nitrogens with two attached hydrogens (primary N) is 1. The van der Waals surface area contributed by atoms with Crippen LogP contribution in [-0.2, 0) is 6.42 Å².